The van der Waals surface area contributed by atoms with Crippen LogP contribution >= 0.6 is 0 Å². The summed E-state index contributed by atoms with van der Waals surface area (Å²) in [5.74, 6) is 0.166. The van der Waals surface area contributed by atoms with Crippen molar-refractivity contribution in [2.75, 3.05) is 26.2 Å². The van der Waals surface area contributed by atoms with Crippen LogP contribution in [0.15, 0.2) is 18.2 Å². The highest BCUT2D eigenvalue weighted by Crippen LogP contribution is 2.22. The predicted molar refractivity (Wildman–Crippen MR) is 94.7 cm³/mol. The number of carbonyl (C=O) groups excluding carboxylic acids is 1. The average Bonchev–Trinajstić information content (AvgIpc) is 2.59. The fraction of sp³-hybridized carbons (Fsp3) is 0.650. The maximum atomic E-state index is 12.1. The van der Waals surface area contributed by atoms with E-state index in [4.69, 9.17) is 0 Å². The third-order valence-electron chi connectivity index (χ3n) is 5.20. The van der Waals surface area contributed by atoms with E-state index in [2.05, 4.69) is 28.4 Å². The first-order valence-corrected chi connectivity index (χ1v) is 9.41. The van der Waals surface area contributed by atoms with Crippen molar-refractivity contribution < 1.29 is 4.79 Å². The lowest BCUT2D eigenvalue weighted by Crippen LogP contribution is -2.33. The van der Waals surface area contributed by atoms with Crippen molar-refractivity contribution in [2.24, 2.45) is 0 Å². The number of amides is 1. The topological polar surface area (TPSA) is 32.3 Å². The molecular formula is C20H30N2O. The Bertz CT molecular complexity index is 520. The van der Waals surface area contributed by atoms with Crippen molar-refractivity contribution >= 4 is 5.91 Å². The molecule has 0 bridgehead atoms. The highest BCUT2D eigenvalue weighted by molar-refractivity contribution is 5.78. The van der Waals surface area contributed by atoms with Gasteiger partial charge in [-0.1, -0.05) is 24.6 Å². The van der Waals surface area contributed by atoms with E-state index >= 15 is 0 Å². The molecule has 1 aromatic rings. The Hall–Kier alpha value is -1.35. The molecule has 1 fully saturated rings. The Morgan fingerprint density at radius 2 is 1.78 bits per heavy atom. The number of nitrogens with one attached hydrogen (secondary N) is 1. The first kappa shape index (κ1) is 16.5. The fourth-order valence-electron chi connectivity index (χ4n) is 3.86. The summed E-state index contributed by atoms with van der Waals surface area (Å²) >= 11 is 0. The Balaban J connectivity index is 1.37. The summed E-state index contributed by atoms with van der Waals surface area (Å²) in [7, 11) is 0. The van der Waals surface area contributed by atoms with Crippen molar-refractivity contribution in [1.82, 2.24) is 10.2 Å². The summed E-state index contributed by atoms with van der Waals surface area (Å²) in [6.45, 7) is 4.41. The van der Waals surface area contributed by atoms with Gasteiger partial charge in [-0.15, -0.1) is 0 Å². The molecule has 3 heteroatoms. The van der Waals surface area contributed by atoms with Crippen LogP contribution in [0.3, 0.4) is 0 Å². The van der Waals surface area contributed by atoms with Crippen molar-refractivity contribution in [3.05, 3.63) is 34.9 Å². The van der Waals surface area contributed by atoms with Gasteiger partial charge in [-0.05, 0) is 81.3 Å². The summed E-state index contributed by atoms with van der Waals surface area (Å²) in [4.78, 5) is 14.6. The molecule has 1 aliphatic carbocycles. The molecule has 3 rings (SSSR count). The molecule has 0 unspecified atom stereocenters. The van der Waals surface area contributed by atoms with Gasteiger partial charge in [0.1, 0.15) is 0 Å². The van der Waals surface area contributed by atoms with Crippen molar-refractivity contribution in [2.45, 2.75) is 57.8 Å². The summed E-state index contributed by atoms with van der Waals surface area (Å²) < 4.78 is 0. The first-order chi connectivity index (χ1) is 11.3. The van der Waals surface area contributed by atoms with Gasteiger partial charge in [-0.3, -0.25) is 4.79 Å². The Morgan fingerprint density at radius 1 is 1.00 bits per heavy atom. The van der Waals surface area contributed by atoms with Gasteiger partial charge in [0, 0.05) is 6.54 Å². The molecule has 3 nitrogen and oxygen atoms in total. The van der Waals surface area contributed by atoms with Crippen LogP contribution in [0.25, 0.3) is 0 Å². The molecule has 2 aliphatic rings. The van der Waals surface area contributed by atoms with Crippen LogP contribution in [0.5, 0.6) is 0 Å². The molecule has 0 spiro atoms. The molecule has 1 saturated heterocycles. The van der Waals surface area contributed by atoms with Crippen LogP contribution in [-0.2, 0) is 24.1 Å². The Labute approximate surface area is 140 Å². The molecule has 1 aliphatic heterocycles. The van der Waals surface area contributed by atoms with Gasteiger partial charge in [0.25, 0.3) is 0 Å². The molecule has 126 valence electrons. The number of benzene rings is 1. The standard InChI is InChI=1S/C20H30N2O/c23-20(21-11-6-14-22-12-4-1-5-13-22)16-17-9-10-18-7-2-3-8-19(18)15-17/h9-10,15H,1-8,11-14,16H2,(H,21,23). The van der Waals surface area contributed by atoms with Gasteiger partial charge in [0.15, 0.2) is 0 Å². The molecule has 1 amide bonds. The van der Waals surface area contributed by atoms with E-state index in [0.29, 0.717) is 6.42 Å². The highest BCUT2D eigenvalue weighted by Gasteiger charge is 2.12. The number of aryl methyl sites for hydroxylation is 2. The van der Waals surface area contributed by atoms with Crippen LogP contribution in [0.2, 0.25) is 0 Å². The monoisotopic (exact) mass is 314 g/mol. The lowest BCUT2D eigenvalue weighted by molar-refractivity contribution is -0.120. The quantitative estimate of drug-likeness (QED) is 0.818. The second kappa shape index (κ2) is 8.49. The lowest BCUT2D eigenvalue weighted by Gasteiger charge is -2.26. The third kappa shape index (κ3) is 5.07. The van der Waals surface area contributed by atoms with Gasteiger partial charge in [0.05, 0.1) is 6.42 Å². The molecule has 23 heavy (non-hydrogen) atoms. The van der Waals surface area contributed by atoms with E-state index in [9.17, 15) is 4.79 Å². The van der Waals surface area contributed by atoms with Gasteiger partial charge in [-0.2, -0.15) is 0 Å². The summed E-state index contributed by atoms with van der Waals surface area (Å²) in [5, 5.41) is 3.09. The van der Waals surface area contributed by atoms with Gasteiger partial charge in [-0.25, -0.2) is 0 Å². The van der Waals surface area contributed by atoms with E-state index in [1.54, 1.807) is 0 Å². The second-order valence-electron chi connectivity index (χ2n) is 7.09. The summed E-state index contributed by atoms with van der Waals surface area (Å²) in [5.41, 5.74) is 4.12. The number of hydrogen-bond donors (Lipinski definition) is 1. The maximum Gasteiger partial charge on any atom is 0.224 e. The minimum Gasteiger partial charge on any atom is -0.356 e. The number of nitrogens with zero attached hydrogens (tertiary/aromatic N) is 1. The Kier molecular flexibility index (Phi) is 6.09. The third-order valence-corrected chi connectivity index (χ3v) is 5.20. The minimum atomic E-state index is 0.166. The van der Waals surface area contributed by atoms with E-state index in [1.807, 2.05) is 0 Å². The van der Waals surface area contributed by atoms with Crippen molar-refractivity contribution in [3.63, 3.8) is 0 Å². The summed E-state index contributed by atoms with van der Waals surface area (Å²) in [6.07, 6.45) is 10.6. The van der Waals surface area contributed by atoms with Crippen LogP contribution < -0.4 is 5.32 Å². The fourth-order valence-corrected chi connectivity index (χ4v) is 3.86. The van der Waals surface area contributed by atoms with E-state index in [1.165, 1.54) is 74.7 Å². The zero-order chi connectivity index (χ0) is 15.9. The van der Waals surface area contributed by atoms with Gasteiger partial charge in [0.2, 0.25) is 5.91 Å². The number of fused-ring (bicyclic) bond motifs is 1. The van der Waals surface area contributed by atoms with E-state index in [-0.39, 0.29) is 5.91 Å². The number of piperidine rings is 1. The van der Waals surface area contributed by atoms with Crippen molar-refractivity contribution in [1.29, 1.82) is 0 Å². The largest absolute Gasteiger partial charge is 0.356 e. The molecule has 0 aromatic heterocycles. The number of hydrogen-bond acceptors (Lipinski definition) is 2. The van der Waals surface area contributed by atoms with E-state index < -0.39 is 0 Å². The molecular weight excluding hydrogens is 284 g/mol. The maximum absolute atomic E-state index is 12.1. The predicted octanol–water partition coefficient (Wildman–Crippen LogP) is 3.10. The number of likely N-dealkylation sites (tertiary alicyclic amines) is 1. The molecule has 1 heterocycles. The van der Waals surface area contributed by atoms with Crippen molar-refractivity contribution in [3.8, 4) is 0 Å². The summed E-state index contributed by atoms with van der Waals surface area (Å²) in [6, 6.07) is 6.62. The first-order valence-electron chi connectivity index (χ1n) is 9.41. The second-order valence-corrected chi connectivity index (χ2v) is 7.09. The smallest absolute Gasteiger partial charge is 0.224 e. The van der Waals surface area contributed by atoms with Crippen LogP contribution in [0.4, 0.5) is 0 Å². The number of carbonyl (C=O) groups is 1. The molecule has 0 atom stereocenters. The molecule has 1 N–H and O–H groups in total. The average molecular weight is 314 g/mol. The van der Waals surface area contributed by atoms with Crippen LogP contribution in [0, 0.1) is 0 Å². The SMILES string of the molecule is O=C(Cc1ccc2c(c1)CCCC2)NCCCN1CCCCC1. The molecule has 0 radical (unpaired) electrons. The van der Waals surface area contributed by atoms with Gasteiger partial charge < -0.3 is 10.2 Å². The normalized spacial score (nSPS) is 18.4. The van der Waals surface area contributed by atoms with Crippen LogP contribution in [-0.4, -0.2) is 37.0 Å². The van der Waals surface area contributed by atoms with E-state index in [0.717, 1.165) is 19.5 Å². The zero-order valence-electron chi connectivity index (χ0n) is 14.3. The minimum absolute atomic E-state index is 0.166. The van der Waals surface area contributed by atoms with Gasteiger partial charge >= 0.3 is 0 Å². The number of rotatable bonds is 6. The Morgan fingerprint density at radius 3 is 2.61 bits per heavy atom. The lowest BCUT2D eigenvalue weighted by atomic mass is 9.90. The highest BCUT2D eigenvalue weighted by atomic mass is 16.1. The van der Waals surface area contributed by atoms with Crippen LogP contribution in [0.1, 0.15) is 55.2 Å². The molecule has 1 aromatic carbocycles. The zero-order valence-corrected chi connectivity index (χ0v) is 14.3. The molecule has 0 saturated carbocycles.